The van der Waals surface area contributed by atoms with Crippen LogP contribution in [0.4, 0.5) is 8.78 Å². The van der Waals surface area contributed by atoms with Gasteiger partial charge in [0.15, 0.2) is 0 Å². The van der Waals surface area contributed by atoms with Crippen molar-refractivity contribution < 1.29 is 8.78 Å². The summed E-state index contributed by atoms with van der Waals surface area (Å²) in [6.45, 7) is 0.156. The Balaban J connectivity index is 2.53. The fraction of sp³-hybridized carbons (Fsp3) is 0.333. The summed E-state index contributed by atoms with van der Waals surface area (Å²) in [5, 5.41) is 2.67. The van der Waals surface area contributed by atoms with Gasteiger partial charge in [0.1, 0.15) is 0 Å². The first kappa shape index (κ1) is 12.1. The molecule has 1 nitrogen and oxygen atoms in total. The minimum absolute atomic E-state index is 0.279. The summed E-state index contributed by atoms with van der Waals surface area (Å²) in [7, 11) is 0. The standard InChI is InChI=1S/C9H9Br2F2N/c10-7-1-2-8(11)6(3-7)4-14-5-9(12)13/h1-3,9,14H,4-5H2. The predicted octanol–water partition coefficient (Wildman–Crippen LogP) is 3.57. The zero-order valence-electron chi connectivity index (χ0n) is 7.24. The van der Waals surface area contributed by atoms with E-state index in [-0.39, 0.29) is 6.54 Å². The van der Waals surface area contributed by atoms with Crippen molar-refractivity contribution in [3.63, 3.8) is 0 Å². The van der Waals surface area contributed by atoms with Crippen molar-refractivity contribution in [3.05, 3.63) is 32.7 Å². The SMILES string of the molecule is FC(F)CNCc1cc(Br)ccc1Br. The fourth-order valence-corrected chi connectivity index (χ4v) is 1.79. The van der Waals surface area contributed by atoms with Gasteiger partial charge in [-0.1, -0.05) is 31.9 Å². The smallest absolute Gasteiger partial charge is 0.250 e. The normalized spacial score (nSPS) is 10.9. The molecule has 0 unspecified atom stereocenters. The molecule has 0 radical (unpaired) electrons. The molecule has 5 heteroatoms. The summed E-state index contributed by atoms with van der Waals surface area (Å²) < 4.78 is 25.5. The molecule has 14 heavy (non-hydrogen) atoms. The first-order chi connectivity index (χ1) is 6.59. The highest BCUT2D eigenvalue weighted by Crippen LogP contribution is 2.21. The highest BCUT2D eigenvalue weighted by molar-refractivity contribution is 9.11. The number of benzene rings is 1. The molecule has 0 aliphatic rings. The molecule has 0 bridgehead atoms. The van der Waals surface area contributed by atoms with Gasteiger partial charge in [-0.2, -0.15) is 0 Å². The van der Waals surface area contributed by atoms with E-state index in [1.165, 1.54) is 0 Å². The lowest BCUT2D eigenvalue weighted by Crippen LogP contribution is -2.20. The summed E-state index contributed by atoms with van der Waals surface area (Å²) in [5.41, 5.74) is 0.958. The van der Waals surface area contributed by atoms with Crippen LogP contribution in [0.25, 0.3) is 0 Å². The summed E-state index contributed by atoms with van der Waals surface area (Å²) >= 11 is 6.67. The van der Waals surface area contributed by atoms with Crippen LogP contribution in [0.5, 0.6) is 0 Å². The number of hydrogen-bond acceptors (Lipinski definition) is 1. The van der Waals surface area contributed by atoms with Crippen LogP contribution in [0.3, 0.4) is 0 Å². The van der Waals surface area contributed by atoms with Crippen LogP contribution in [0.15, 0.2) is 27.1 Å². The van der Waals surface area contributed by atoms with Crippen LogP contribution in [0.2, 0.25) is 0 Å². The van der Waals surface area contributed by atoms with Crippen LogP contribution in [-0.4, -0.2) is 13.0 Å². The van der Waals surface area contributed by atoms with Crippen molar-refractivity contribution in [3.8, 4) is 0 Å². The second-order valence-electron chi connectivity index (χ2n) is 2.76. The van der Waals surface area contributed by atoms with Crippen molar-refractivity contribution in [2.75, 3.05) is 6.54 Å². The Morgan fingerprint density at radius 2 is 2.00 bits per heavy atom. The van der Waals surface area contributed by atoms with Gasteiger partial charge in [-0.15, -0.1) is 0 Å². The van der Waals surface area contributed by atoms with Crippen LogP contribution in [-0.2, 0) is 6.54 Å². The molecule has 1 aromatic carbocycles. The highest BCUT2D eigenvalue weighted by Gasteiger charge is 2.03. The van der Waals surface area contributed by atoms with Crippen molar-refractivity contribution in [1.82, 2.24) is 5.32 Å². The number of rotatable bonds is 4. The third kappa shape index (κ3) is 4.02. The van der Waals surface area contributed by atoms with Gasteiger partial charge in [0, 0.05) is 15.5 Å². The van der Waals surface area contributed by atoms with Gasteiger partial charge in [-0.25, -0.2) is 8.78 Å². The van der Waals surface area contributed by atoms with Gasteiger partial charge in [-0.05, 0) is 23.8 Å². The molecule has 78 valence electrons. The van der Waals surface area contributed by atoms with Gasteiger partial charge in [-0.3, -0.25) is 0 Å². The Morgan fingerprint density at radius 1 is 1.29 bits per heavy atom. The molecule has 0 aliphatic carbocycles. The molecule has 0 aromatic heterocycles. The van der Waals surface area contributed by atoms with Gasteiger partial charge in [0.25, 0.3) is 6.43 Å². The van der Waals surface area contributed by atoms with Crippen LogP contribution < -0.4 is 5.32 Å². The molecule has 0 amide bonds. The van der Waals surface area contributed by atoms with E-state index >= 15 is 0 Å². The summed E-state index contributed by atoms with van der Waals surface area (Å²) in [5.74, 6) is 0. The zero-order chi connectivity index (χ0) is 10.6. The van der Waals surface area contributed by atoms with E-state index in [9.17, 15) is 8.78 Å². The Kier molecular flexibility index (Phi) is 4.98. The highest BCUT2D eigenvalue weighted by atomic mass is 79.9. The van der Waals surface area contributed by atoms with E-state index < -0.39 is 6.43 Å². The second kappa shape index (κ2) is 5.78. The average Bonchev–Trinajstić information content (AvgIpc) is 2.10. The van der Waals surface area contributed by atoms with Crippen molar-refractivity contribution in [1.29, 1.82) is 0 Å². The van der Waals surface area contributed by atoms with Gasteiger partial charge in [0.05, 0.1) is 6.54 Å². The Morgan fingerprint density at radius 3 is 2.64 bits per heavy atom. The minimum Gasteiger partial charge on any atom is -0.307 e. The predicted molar refractivity (Wildman–Crippen MR) is 59.6 cm³/mol. The first-order valence-electron chi connectivity index (χ1n) is 4.02. The topological polar surface area (TPSA) is 12.0 Å². The largest absolute Gasteiger partial charge is 0.307 e. The molecule has 0 aliphatic heterocycles. The number of halogens is 4. The molecule has 0 spiro atoms. The fourth-order valence-electron chi connectivity index (χ4n) is 0.995. The lowest BCUT2D eigenvalue weighted by Gasteiger charge is -2.06. The molecule has 0 atom stereocenters. The molecular weight excluding hydrogens is 320 g/mol. The monoisotopic (exact) mass is 327 g/mol. The first-order valence-corrected chi connectivity index (χ1v) is 5.61. The minimum atomic E-state index is -2.30. The summed E-state index contributed by atoms with van der Waals surface area (Å²) in [6.07, 6.45) is -2.30. The third-order valence-corrected chi connectivity index (χ3v) is 2.89. The molecule has 0 heterocycles. The van der Waals surface area contributed by atoms with Gasteiger partial charge >= 0.3 is 0 Å². The summed E-state index contributed by atoms with van der Waals surface area (Å²) in [4.78, 5) is 0. The summed E-state index contributed by atoms with van der Waals surface area (Å²) in [6, 6.07) is 5.66. The Bertz CT molecular complexity index is 305. The lowest BCUT2D eigenvalue weighted by atomic mass is 10.2. The number of hydrogen-bond donors (Lipinski definition) is 1. The van der Waals surface area contributed by atoms with Gasteiger partial charge in [0.2, 0.25) is 0 Å². The third-order valence-electron chi connectivity index (χ3n) is 1.62. The van der Waals surface area contributed by atoms with Crippen LogP contribution >= 0.6 is 31.9 Å². The Hall–Kier alpha value is -0.000000000000000111. The average molecular weight is 329 g/mol. The van der Waals surface area contributed by atoms with Crippen molar-refractivity contribution >= 4 is 31.9 Å². The van der Waals surface area contributed by atoms with Crippen molar-refractivity contribution in [2.24, 2.45) is 0 Å². The molecule has 1 rings (SSSR count). The Labute approximate surface area is 98.1 Å². The lowest BCUT2D eigenvalue weighted by molar-refractivity contribution is 0.145. The van der Waals surface area contributed by atoms with Crippen LogP contribution in [0, 0.1) is 0 Å². The van der Waals surface area contributed by atoms with Crippen molar-refractivity contribution in [2.45, 2.75) is 13.0 Å². The number of nitrogens with one attached hydrogen (secondary N) is 1. The molecule has 0 saturated carbocycles. The van der Waals surface area contributed by atoms with E-state index in [1.807, 2.05) is 18.2 Å². The number of alkyl halides is 2. The van der Waals surface area contributed by atoms with E-state index in [1.54, 1.807) is 0 Å². The van der Waals surface area contributed by atoms with Crippen LogP contribution in [0.1, 0.15) is 5.56 Å². The van der Waals surface area contributed by atoms with E-state index in [4.69, 9.17) is 0 Å². The van der Waals surface area contributed by atoms with E-state index in [0.29, 0.717) is 6.54 Å². The molecule has 0 saturated heterocycles. The van der Waals surface area contributed by atoms with E-state index in [2.05, 4.69) is 37.2 Å². The maximum Gasteiger partial charge on any atom is 0.250 e. The maximum atomic E-state index is 11.8. The van der Waals surface area contributed by atoms with E-state index in [0.717, 1.165) is 14.5 Å². The van der Waals surface area contributed by atoms with Gasteiger partial charge < -0.3 is 5.32 Å². The zero-order valence-corrected chi connectivity index (χ0v) is 10.4. The molecular formula is C9H9Br2F2N. The molecule has 1 aromatic rings. The second-order valence-corrected chi connectivity index (χ2v) is 4.53. The molecule has 0 fully saturated rings. The maximum absolute atomic E-state index is 11.8. The molecule has 1 N–H and O–H groups in total. The quantitative estimate of drug-likeness (QED) is 0.891.